The van der Waals surface area contributed by atoms with Gasteiger partial charge in [-0.05, 0) is 13.8 Å². The molecule has 0 saturated carbocycles. The first-order valence-electron chi connectivity index (χ1n) is 7.25. The number of aliphatic hydroxyl groups excluding tert-OH is 1. The highest BCUT2D eigenvalue weighted by atomic mass is 16.5. The Labute approximate surface area is 126 Å². The average molecular weight is 309 g/mol. The number of aliphatic hydroxyl groups is 1. The Morgan fingerprint density at radius 2 is 2.27 bits per heavy atom. The van der Waals surface area contributed by atoms with Crippen LogP contribution >= 0.6 is 0 Å². The van der Waals surface area contributed by atoms with Crippen molar-refractivity contribution in [1.29, 1.82) is 0 Å². The van der Waals surface area contributed by atoms with E-state index < -0.39 is 23.6 Å². The van der Waals surface area contributed by atoms with Crippen molar-refractivity contribution in [3.63, 3.8) is 0 Å². The molecule has 3 heterocycles. The molecule has 1 saturated heterocycles. The summed E-state index contributed by atoms with van der Waals surface area (Å²) in [4.78, 5) is 25.7. The molecule has 1 fully saturated rings. The molecule has 0 radical (unpaired) electrons. The fraction of sp³-hybridized carbons (Fsp3) is 0.692. The van der Waals surface area contributed by atoms with Gasteiger partial charge < -0.3 is 9.84 Å². The van der Waals surface area contributed by atoms with Crippen LogP contribution in [0.2, 0.25) is 0 Å². The van der Waals surface area contributed by atoms with Crippen molar-refractivity contribution in [1.82, 2.24) is 14.6 Å². The lowest BCUT2D eigenvalue weighted by molar-refractivity contribution is -0.0405. The van der Waals surface area contributed by atoms with Crippen LogP contribution in [0.25, 0.3) is 0 Å². The minimum atomic E-state index is -0.548. The van der Waals surface area contributed by atoms with Crippen LogP contribution in [0.5, 0.6) is 0 Å². The molecule has 9 nitrogen and oxygen atoms in total. The van der Waals surface area contributed by atoms with Crippen molar-refractivity contribution < 1.29 is 9.84 Å². The molecular formula is C13H19N5O4. The van der Waals surface area contributed by atoms with Crippen LogP contribution in [-0.2, 0) is 4.74 Å². The highest BCUT2D eigenvalue weighted by Crippen LogP contribution is 2.33. The fourth-order valence-electron chi connectivity index (χ4n) is 2.92. The summed E-state index contributed by atoms with van der Waals surface area (Å²) in [5.41, 5.74) is -0.494. The first kappa shape index (κ1) is 14.9. The highest BCUT2D eigenvalue weighted by molar-refractivity contribution is 5.02. The summed E-state index contributed by atoms with van der Waals surface area (Å²) < 4.78 is 7.15. The molecule has 4 unspecified atom stereocenters. The summed E-state index contributed by atoms with van der Waals surface area (Å²) in [5, 5.41) is 19.5. The summed E-state index contributed by atoms with van der Waals surface area (Å²) in [6, 6.07) is -0.0224. The predicted molar refractivity (Wildman–Crippen MR) is 76.5 cm³/mol. The third-order valence-electron chi connectivity index (χ3n) is 4.14. The zero-order valence-corrected chi connectivity index (χ0v) is 12.5. The molecule has 9 heteroatoms. The van der Waals surface area contributed by atoms with E-state index in [-0.39, 0.29) is 18.7 Å². The number of aromatic nitrogens is 2. The molecule has 0 bridgehead atoms. The SMILES string of the molecule is Cc1cn(C2CC(N3N=NCC3C)C(CO)O2)c(=O)[nH]c1=O. The van der Waals surface area contributed by atoms with E-state index in [9.17, 15) is 14.7 Å². The van der Waals surface area contributed by atoms with Gasteiger partial charge in [-0.15, -0.1) is 0 Å². The fourth-order valence-corrected chi connectivity index (χ4v) is 2.92. The first-order valence-corrected chi connectivity index (χ1v) is 7.25. The molecule has 22 heavy (non-hydrogen) atoms. The third kappa shape index (κ3) is 2.46. The van der Waals surface area contributed by atoms with Crippen molar-refractivity contribution in [3.8, 4) is 0 Å². The number of hydrogen-bond donors (Lipinski definition) is 2. The zero-order chi connectivity index (χ0) is 15.9. The topological polar surface area (TPSA) is 112 Å². The second-order valence-electron chi connectivity index (χ2n) is 5.74. The van der Waals surface area contributed by atoms with Crippen LogP contribution in [0.3, 0.4) is 0 Å². The normalized spacial score (nSPS) is 31.1. The number of aryl methyl sites for hydroxylation is 1. The van der Waals surface area contributed by atoms with Gasteiger partial charge in [0.1, 0.15) is 12.3 Å². The van der Waals surface area contributed by atoms with E-state index >= 15 is 0 Å². The number of rotatable bonds is 3. The number of nitrogens with zero attached hydrogens (tertiary/aromatic N) is 4. The first-order chi connectivity index (χ1) is 10.5. The zero-order valence-electron chi connectivity index (χ0n) is 12.5. The van der Waals surface area contributed by atoms with Crippen LogP contribution < -0.4 is 11.2 Å². The Balaban J connectivity index is 1.88. The molecule has 1 aromatic rings. The van der Waals surface area contributed by atoms with Crippen molar-refractivity contribution in [2.45, 2.75) is 44.7 Å². The van der Waals surface area contributed by atoms with Gasteiger partial charge in [0.15, 0.2) is 0 Å². The number of ether oxygens (including phenoxy) is 1. The smallest absolute Gasteiger partial charge is 0.330 e. The van der Waals surface area contributed by atoms with Crippen LogP contribution in [0.4, 0.5) is 0 Å². The molecule has 4 atom stereocenters. The summed E-state index contributed by atoms with van der Waals surface area (Å²) in [6.07, 6.45) is 0.967. The maximum Gasteiger partial charge on any atom is 0.330 e. The second-order valence-corrected chi connectivity index (χ2v) is 5.74. The van der Waals surface area contributed by atoms with Gasteiger partial charge in [-0.25, -0.2) is 4.79 Å². The summed E-state index contributed by atoms with van der Waals surface area (Å²) in [7, 11) is 0. The van der Waals surface area contributed by atoms with Crippen LogP contribution in [0.1, 0.15) is 25.1 Å². The van der Waals surface area contributed by atoms with Gasteiger partial charge in [0.2, 0.25) is 0 Å². The van der Waals surface area contributed by atoms with E-state index in [0.29, 0.717) is 18.5 Å². The van der Waals surface area contributed by atoms with Crippen LogP contribution in [0.15, 0.2) is 26.1 Å². The van der Waals surface area contributed by atoms with Gasteiger partial charge in [0.05, 0.1) is 25.2 Å². The van der Waals surface area contributed by atoms with E-state index in [4.69, 9.17) is 4.74 Å². The Hall–Kier alpha value is -2.00. The lowest BCUT2D eigenvalue weighted by Gasteiger charge is -2.27. The van der Waals surface area contributed by atoms with Crippen molar-refractivity contribution in [2.24, 2.45) is 10.3 Å². The Morgan fingerprint density at radius 1 is 1.50 bits per heavy atom. The second kappa shape index (κ2) is 5.65. The third-order valence-corrected chi connectivity index (χ3v) is 4.14. The van der Waals surface area contributed by atoms with Gasteiger partial charge in [-0.2, -0.15) is 5.11 Å². The van der Waals surface area contributed by atoms with Crippen LogP contribution in [-0.4, -0.2) is 51.0 Å². The van der Waals surface area contributed by atoms with Crippen molar-refractivity contribution in [2.75, 3.05) is 13.2 Å². The molecule has 0 aromatic carbocycles. The average Bonchev–Trinajstić information content (AvgIpc) is 3.08. The Kier molecular flexibility index (Phi) is 3.83. The molecule has 0 amide bonds. The maximum atomic E-state index is 12.0. The Bertz CT molecular complexity index is 696. The standard InChI is InChI=1S/C13H19N5O4/c1-7-5-17(13(21)15-12(7)20)11-3-9(10(6-19)22-11)18-8(2)4-14-16-18/h5,8-11,19H,3-4,6H2,1-2H3,(H,15,20,21). The Morgan fingerprint density at radius 3 is 2.91 bits per heavy atom. The quantitative estimate of drug-likeness (QED) is 0.786. The van der Waals surface area contributed by atoms with E-state index in [2.05, 4.69) is 15.3 Å². The molecule has 2 aliphatic heterocycles. The minimum Gasteiger partial charge on any atom is -0.394 e. The van der Waals surface area contributed by atoms with E-state index in [1.54, 1.807) is 6.92 Å². The molecule has 2 N–H and O–H groups in total. The predicted octanol–water partition coefficient (Wildman–Crippen LogP) is -0.435. The van der Waals surface area contributed by atoms with Gasteiger partial charge >= 0.3 is 5.69 Å². The van der Waals surface area contributed by atoms with Crippen LogP contribution in [0, 0.1) is 6.92 Å². The van der Waals surface area contributed by atoms with Gasteiger partial charge in [0.25, 0.3) is 5.56 Å². The van der Waals surface area contributed by atoms with E-state index in [1.807, 2.05) is 11.9 Å². The van der Waals surface area contributed by atoms with E-state index in [0.717, 1.165) is 0 Å². The number of nitrogens with one attached hydrogen (secondary N) is 1. The molecule has 3 rings (SSSR count). The summed E-state index contributed by atoms with van der Waals surface area (Å²) >= 11 is 0. The maximum absolute atomic E-state index is 12.0. The van der Waals surface area contributed by atoms with Gasteiger partial charge in [-0.1, -0.05) is 5.22 Å². The van der Waals surface area contributed by atoms with Gasteiger partial charge in [-0.3, -0.25) is 19.4 Å². The summed E-state index contributed by atoms with van der Waals surface area (Å²) in [5.74, 6) is 0. The lowest BCUT2D eigenvalue weighted by Crippen LogP contribution is -2.42. The molecule has 1 aromatic heterocycles. The monoisotopic (exact) mass is 309 g/mol. The van der Waals surface area contributed by atoms with Crippen molar-refractivity contribution >= 4 is 0 Å². The molecule has 2 aliphatic rings. The molecular weight excluding hydrogens is 290 g/mol. The number of H-pyrrole nitrogens is 1. The highest BCUT2D eigenvalue weighted by Gasteiger charge is 2.42. The van der Waals surface area contributed by atoms with E-state index in [1.165, 1.54) is 10.8 Å². The molecule has 0 spiro atoms. The largest absolute Gasteiger partial charge is 0.394 e. The lowest BCUT2D eigenvalue weighted by atomic mass is 10.1. The van der Waals surface area contributed by atoms with Crippen molar-refractivity contribution in [3.05, 3.63) is 32.6 Å². The minimum absolute atomic E-state index is 0.135. The molecule has 0 aliphatic carbocycles. The summed E-state index contributed by atoms with van der Waals surface area (Å²) in [6.45, 7) is 4.06. The number of hydrogen-bond acceptors (Lipinski definition) is 7. The molecule has 120 valence electrons. The van der Waals surface area contributed by atoms with Gasteiger partial charge in [0, 0.05) is 18.2 Å². The number of aromatic amines is 1.